The standard InChI is InChI=1S/C13H13BrFNO5/c1-3-8(13(17)20-2)4-5-21-12-10(14)6-9(15)7-11(12)16(18)19/h4,6-7H,3,5H2,1-2H3. The van der Waals surface area contributed by atoms with Crippen molar-refractivity contribution in [3.05, 3.63) is 44.2 Å². The maximum absolute atomic E-state index is 13.2. The molecular formula is C13H13BrFNO5. The number of rotatable bonds is 6. The van der Waals surface area contributed by atoms with Gasteiger partial charge >= 0.3 is 11.7 Å². The summed E-state index contributed by atoms with van der Waals surface area (Å²) in [6.45, 7) is 1.68. The van der Waals surface area contributed by atoms with E-state index in [0.29, 0.717) is 12.0 Å². The Balaban J connectivity index is 2.96. The van der Waals surface area contributed by atoms with Crippen molar-refractivity contribution < 1.29 is 23.6 Å². The molecule has 1 rings (SSSR count). The van der Waals surface area contributed by atoms with Gasteiger partial charge in [0.05, 0.1) is 22.6 Å². The van der Waals surface area contributed by atoms with Crippen molar-refractivity contribution >= 4 is 27.6 Å². The molecule has 0 aliphatic rings. The van der Waals surface area contributed by atoms with Gasteiger partial charge in [0.2, 0.25) is 5.75 Å². The first-order chi connectivity index (χ1) is 9.90. The van der Waals surface area contributed by atoms with Crippen LogP contribution in [0.1, 0.15) is 13.3 Å². The van der Waals surface area contributed by atoms with E-state index < -0.39 is 22.4 Å². The number of benzene rings is 1. The predicted octanol–water partition coefficient (Wildman–Crippen LogP) is 3.38. The van der Waals surface area contributed by atoms with Crippen LogP contribution in [0.2, 0.25) is 0 Å². The molecule has 0 amide bonds. The second kappa shape index (κ2) is 7.72. The first-order valence-electron chi connectivity index (χ1n) is 5.94. The van der Waals surface area contributed by atoms with Gasteiger partial charge < -0.3 is 9.47 Å². The van der Waals surface area contributed by atoms with Crippen molar-refractivity contribution in [2.24, 2.45) is 0 Å². The fourth-order valence-electron chi connectivity index (χ4n) is 1.55. The van der Waals surface area contributed by atoms with Crippen molar-refractivity contribution in [2.75, 3.05) is 13.7 Å². The normalized spacial score (nSPS) is 11.1. The molecule has 1 aromatic rings. The summed E-state index contributed by atoms with van der Waals surface area (Å²) in [4.78, 5) is 21.5. The number of carbonyl (C=O) groups is 1. The molecule has 0 saturated heterocycles. The van der Waals surface area contributed by atoms with Gasteiger partial charge in [-0.2, -0.15) is 0 Å². The van der Waals surface area contributed by atoms with E-state index in [9.17, 15) is 19.3 Å². The summed E-state index contributed by atoms with van der Waals surface area (Å²) < 4.78 is 23.1. The van der Waals surface area contributed by atoms with Crippen LogP contribution in [0.4, 0.5) is 10.1 Å². The number of nitro benzene ring substituents is 1. The van der Waals surface area contributed by atoms with Gasteiger partial charge in [-0.25, -0.2) is 9.18 Å². The van der Waals surface area contributed by atoms with Gasteiger partial charge in [0.25, 0.3) is 0 Å². The van der Waals surface area contributed by atoms with Crippen molar-refractivity contribution in [3.63, 3.8) is 0 Å². The zero-order valence-corrected chi connectivity index (χ0v) is 13.0. The third-order valence-electron chi connectivity index (χ3n) is 2.57. The minimum absolute atomic E-state index is 0.0800. The Morgan fingerprint density at radius 3 is 2.71 bits per heavy atom. The van der Waals surface area contributed by atoms with Gasteiger partial charge in [-0.1, -0.05) is 6.92 Å². The molecule has 0 spiro atoms. The fourth-order valence-corrected chi connectivity index (χ4v) is 2.09. The molecule has 0 fully saturated rings. The lowest BCUT2D eigenvalue weighted by atomic mass is 10.2. The maximum atomic E-state index is 13.2. The van der Waals surface area contributed by atoms with Crippen LogP contribution in [-0.2, 0) is 9.53 Å². The average molecular weight is 362 g/mol. The van der Waals surface area contributed by atoms with Gasteiger partial charge in [0.1, 0.15) is 12.4 Å². The number of halogens is 2. The first kappa shape index (κ1) is 17.1. The molecule has 0 bridgehead atoms. The smallest absolute Gasteiger partial charge is 0.333 e. The molecule has 0 saturated carbocycles. The van der Waals surface area contributed by atoms with Crippen LogP contribution in [0.15, 0.2) is 28.3 Å². The lowest BCUT2D eigenvalue weighted by molar-refractivity contribution is -0.386. The second-order valence-corrected chi connectivity index (χ2v) is 4.73. The molecular weight excluding hydrogens is 349 g/mol. The number of nitro groups is 1. The summed E-state index contributed by atoms with van der Waals surface area (Å²) in [6.07, 6.45) is 1.90. The van der Waals surface area contributed by atoms with Crippen LogP contribution in [0.25, 0.3) is 0 Å². The summed E-state index contributed by atoms with van der Waals surface area (Å²) in [7, 11) is 1.26. The van der Waals surface area contributed by atoms with Crippen LogP contribution in [-0.4, -0.2) is 24.6 Å². The predicted molar refractivity (Wildman–Crippen MR) is 76.6 cm³/mol. The van der Waals surface area contributed by atoms with Crippen LogP contribution in [0.3, 0.4) is 0 Å². The summed E-state index contributed by atoms with van der Waals surface area (Å²) in [5, 5.41) is 10.9. The van der Waals surface area contributed by atoms with Crippen LogP contribution in [0.5, 0.6) is 5.75 Å². The SMILES string of the molecule is CCC(=CCOc1c(Br)cc(F)cc1[N+](=O)[O-])C(=O)OC. The molecule has 0 aliphatic carbocycles. The monoisotopic (exact) mass is 361 g/mol. The largest absolute Gasteiger partial charge is 0.482 e. The van der Waals surface area contributed by atoms with Crippen molar-refractivity contribution in [1.82, 2.24) is 0 Å². The molecule has 0 atom stereocenters. The molecule has 0 N–H and O–H groups in total. The molecule has 1 aromatic carbocycles. The lowest BCUT2D eigenvalue weighted by Gasteiger charge is -2.08. The number of hydrogen-bond acceptors (Lipinski definition) is 5. The fraction of sp³-hybridized carbons (Fsp3) is 0.308. The van der Waals surface area contributed by atoms with E-state index in [1.165, 1.54) is 13.2 Å². The van der Waals surface area contributed by atoms with Crippen LogP contribution < -0.4 is 4.74 Å². The molecule has 8 heteroatoms. The number of methoxy groups -OCH3 is 1. The molecule has 21 heavy (non-hydrogen) atoms. The average Bonchev–Trinajstić information content (AvgIpc) is 2.44. The molecule has 6 nitrogen and oxygen atoms in total. The Morgan fingerprint density at radius 1 is 1.52 bits per heavy atom. The maximum Gasteiger partial charge on any atom is 0.333 e. The first-order valence-corrected chi connectivity index (χ1v) is 6.73. The number of esters is 1. The topological polar surface area (TPSA) is 78.7 Å². The summed E-state index contributed by atoms with van der Waals surface area (Å²) in [5.74, 6) is -1.34. The lowest BCUT2D eigenvalue weighted by Crippen LogP contribution is -2.07. The van der Waals surface area contributed by atoms with Gasteiger partial charge in [0, 0.05) is 5.57 Å². The van der Waals surface area contributed by atoms with Gasteiger partial charge in [-0.15, -0.1) is 0 Å². The highest BCUT2D eigenvalue weighted by molar-refractivity contribution is 9.10. The number of hydrogen-bond donors (Lipinski definition) is 0. The zero-order chi connectivity index (χ0) is 16.0. The highest BCUT2D eigenvalue weighted by atomic mass is 79.9. The molecule has 0 radical (unpaired) electrons. The van der Waals surface area contributed by atoms with E-state index >= 15 is 0 Å². The van der Waals surface area contributed by atoms with Gasteiger partial charge in [0.15, 0.2) is 0 Å². The molecule has 0 heterocycles. The van der Waals surface area contributed by atoms with Gasteiger partial charge in [-0.3, -0.25) is 10.1 Å². The molecule has 0 aromatic heterocycles. The van der Waals surface area contributed by atoms with E-state index in [2.05, 4.69) is 20.7 Å². The quantitative estimate of drug-likeness (QED) is 0.336. The van der Waals surface area contributed by atoms with E-state index in [1.807, 2.05) is 0 Å². The Kier molecular flexibility index (Phi) is 6.29. The van der Waals surface area contributed by atoms with Crippen LogP contribution >= 0.6 is 15.9 Å². The highest BCUT2D eigenvalue weighted by Crippen LogP contribution is 2.35. The van der Waals surface area contributed by atoms with E-state index in [0.717, 1.165) is 12.1 Å². The van der Waals surface area contributed by atoms with Crippen LogP contribution in [0, 0.1) is 15.9 Å². The molecule has 0 aliphatic heterocycles. The Bertz CT molecular complexity index is 588. The minimum Gasteiger partial charge on any atom is -0.482 e. The van der Waals surface area contributed by atoms with Crippen molar-refractivity contribution in [3.8, 4) is 5.75 Å². The Labute approximate surface area is 128 Å². The highest BCUT2D eigenvalue weighted by Gasteiger charge is 2.20. The zero-order valence-electron chi connectivity index (χ0n) is 11.4. The van der Waals surface area contributed by atoms with E-state index in [4.69, 9.17) is 4.74 Å². The molecule has 0 unspecified atom stereocenters. The van der Waals surface area contributed by atoms with Gasteiger partial charge in [-0.05, 0) is 34.5 Å². The van der Waals surface area contributed by atoms with E-state index in [1.54, 1.807) is 6.92 Å². The Morgan fingerprint density at radius 2 is 2.19 bits per heavy atom. The summed E-state index contributed by atoms with van der Waals surface area (Å²) >= 11 is 3.01. The second-order valence-electron chi connectivity index (χ2n) is 3.88. The minimum atomic E-state index is -0.750. The van der Waals surface area contributed by atoms with Crippen molar-refractivity contribution in [2.45, 2.75) is 13.3 Å². The third kappa shape index (κ3) is 4.52. The number of nitrogens with zero attached hydrogens (tertiary/aromatic N) is 1. The molecule has 114 valence electrons. The van der Waals surface area contributed by atoms with Crippen molar-refractivity contribution in [1.29, 1.82) is 0 Å². The Hall–Kier alpha value is -1.96. The summed E-state index contributed by atoms with van der Waals surface area (Å²) in [5.41, 5.74) is -0.107. The summed E-state index contributed by atoms with van der Waals surface area (Å²) in [6, 6.07) is 1.83. The van der Waals surface area contributed by atoms with E-state index in [-0.39, 0.29) is 16.8 Å². The number of carbonyl (C=O) groups excluding carboxylic acids is 1. The third-order valence-corrected chi connectivity index (χ3v) is 3.16. The number of ether oxygens (including phenoxy) is 2.